The number of nitrogens with zero attached hydrogens (tertiary/aromatic N) is 2. The SMILES string of the molecule is O=C(NN1CCCCC1)c1ccc(Cl)c(S(=O)(=O)N2CCCCC2)c1. The lowest BCUT2D eigenvalue weighted by Gasteiger charge is -2.27. The molecule has 0 spiro atoms. The van der Waals surface area contributed by atoms with Crippen LogP contribution < -0.4 is 5.43 Å². The van der Waals surface area contributed by atoms with Gasteiger partial charge in [-0.1, -0.05) is 24.4 Å². The summed E-state index contributed by atoms with van der Waals surface area (Å²) in [6, 6.07) is 4.45. The maximum atomic E-state index is 12.9. The molecule has 1 aromatic carbocycles. The average Bonchev–Trinajstić information content (AvgIpc) is 2.63. The zero-order valence-electron chi connectivity index (χ0n) is 14.2. The summed E-state index contributed by atoms with van der Waals surface area (Å²) < 4.78 is 27.2. The Morgan fingerprint density at radius 1 is 0.960 bits per heavy atom. The highest BCUT2D eigenvalue weighted by Gasteiger charge is 2.29. The summed E-state index contributed by atoms with van der Waals surface area (Å²) in [5.74, 6) is -0.298. The van der Waals surface area contributed by atoms with Gasteiger partial charge in [-0.3, -0.25) is 10.2 Å². The lowest BCUT2D eigenvalue weighted by atomic mass is 10.1. The van der Waals surface area contributed by atoms with Crippen molar-refractivity contribution in [1.82, 2.24) is 14.7 Å². The highest BCUT2D eigenvalue weighted by atomic mass is 35.5. The van der Waals surface area contributed by atoms with Gasteiger partial charge in [0.05, 0.1) is 5.02 Å². The second-order valence-electron chi connectivity index (χ2n) is 6.60. The fourth-order valence-electron chi connectivity index (χ4n) is 3.30. The molecule has 25 heavy (non-hydrogen) atoms. The molecule has 0 aliphatic carbocycles. The van der Waals surface area contributed by atoms with Crippen LogP contribution in [0, 0.1) is 0 Å². The third-order valence-electron chi connectivity index (χ3n) is 4.74. The third-order valence-corrected chi connectivity index (χ3v) is 7.12. The Morgan fingerprint density at radius 3 is 2.20 bits per heavy atom. The Kier molecular flexibility index (Phi) is 5.99. The Bertz CT molecular complexity index is 727. The summed E-state index contributed by atoms with van der Waals surface area (Å²) in [5.41, 5.74) is 3.17. The molecule has 0 radical (unpaired) electrons. The minimum Gasteiger partial charge on any atom is -0.285 e. The number of halogens is 1. The van der Waals surface area contributed by atoms with Crippen LogP contribution in [0.2, 0.25) is 5.02 Å². The smallest absolute Gasteiger partial charge is 0.265 e. The van der Waals surface area contributed by atoms with E-state index in [1.54, 1.807) is 6.07 Å². The van der Waals surface area contributed by atoms with Crippen molar-refractivity contribution >= 4 is 27.5 Å². The van der Waals surface area contributed by atoms with E-state index >= 15 is 0 Å². The average molecular weight is 386 g/mol. The number of carbonyl (C=O) groups is 1. The van der Waals surface area contributed by atoms with Crippen molar-refractivity contribution in [1.29, 1.82) is 0 Å². The molecule has 2 saturated heterocycles. The predicted octanol–water partition coefficient (Wildman–Crippen LogP) is 2.65. The lowest BCUT2D eigenvalue weighted by molar-refractivity contribution is 0.0750. The van der Waals surface area contributed by atoms with Crippen LogP contribution in [0.5, 0.6) is 0 Å². The summed E-state index contributed by atoms with van der Waals surface area (Å²) in [6.45, 7) is 2.64. The van der Waals surface area contributed by atoms with Crippen molar-refractivity contribution in [3.8, 4) is 0 Å². The van der Waals surface area contributed by atoms with Gasteiger partial charge in [0.1, 0.15) is 4.90 Å². The van der Waals surface area contributed by atoms with Crippen LogP contribution in [0.15, 0.2) is 23.1 Å². The molecule has 6 nitrogen and oxygen atoms in total. The van der Waals surface area contributed by atoms with Crippen LogP contribution in [0.3, 0.4) is 0 Å². The van der Waals surface area contributed by atoms with E-state index in [0.29, 0.717) is 18.7 Å². The van der Waals surface area contributed by atoms with Crippen molar-refractivity contribution in [3.63, 3.8) is 0 Å². The van der Waals surface area contributed by atoms with Crippen LogP contribution in [0.25, 0.3) is 0 Å². The number of nitrogens with one attached hydrogen (secondary N) is 1. The number of hydrogen-bond donors (Lipinski definition) is 1. The van der Waals surface area contributed by atoms with Gasteiger partial charge in [0.2, 0.25) is 10.0 Å². The molecule has 138 valence electrons. The first-order valence-corrected chi connectivity index (χ1v) is 10.7. The van der Waals surface area contributed by atoms with E-state index < -0.39 is 10.0 Å². The van der Waals surface area contributed by atoms with Crippen LogP contribution in [0.1, 0.15) is 48.9 Å². The fourth-order valence-corrected chi connectivity index (χ4v) is 5.32. The van der Waals surface area contributed by atoms with Crippen molar-refractivity contribution in [2.75, 3.05) is 26.2 Å². The van der Waals surface area contributed by atoms with Crippen LogP contribution >= 0.6 is 11.6 Å². The molecule has 1 amide bonds. The Morgan fingerprint density at radius 2 is 1.56 bits per heavy atom. The Hall–Kier alpha value is -1.15. The quantitative estimate of drug-likeness (QED) is 0.865. The zero-order chi connectivity index (χ0) is 17.9. The molecule has 2 aliphatic heterocycles. The van der Waals surface area contributed by atoms with Gasteiger partial charge in [-0.2, -0.15) is 4.31 Å². The van der Waals surface area contributed by atoms with E-state index in [-0.39, 0.29) is 15.8 Å². The van der Waals surface area contributed by atoms with Crippen LogP contribution in [-0.4, -0.2) is 49.8 Å². The molecule has 2 aliphatic rings. The van der Waals surface area contributed by atoms with Gasteiger partial charge in [-0.25, -0.2) is 13.4 Å². The summed E-state index contributed by atoms with van der Waals surface area (Å²) in [6.07, 6.45) is 6.02. The molecule has 0 unspecified atom stereocenters. The van der Waals surface area contributed by atoms with E-state index in [1.807, 2.05) is 5.01 Å². The van der Waals surface area contributed by atoms with E-state index in [9.17, 15) is 13.2 Å². The third kappa shape index (κ3) is 4.34. The first-order chi connectivity index (χ1) is 12.0. The number of carbonyl (C=O) groups excluding carboxylic acids is 1. The number of rotatable bonds is 4. The first-order valence-electron chi connectivity index (χ1n) is 8.84. The van der Waals surface area contributed by atoms with Gasteiger partial charge in [-0.05, 0) is 43.9 Å². The molecule has 0 aromatic heterocycles. The van der Waals surface area contributed by atoms with Gasteiger partial charge in [-0.15, -0.1) is 0 Å². The highest BCUT2D eigenvalue weighted by Crippen LogP contribution is 2.28. The molecule has 8 heteroatoms. The van der Waals surface area contributed by atoms with Crippen LogP contribution in [0.4, 0.5) is 0 Å². The topological polar surface area (TPSA) is 69.7 Å². The molecule has 1 aromatic rings. The van der Waals surface area contributed by atoms with Gasteiger partial charge in [0, 0.05) is 31.7 Å². The van der Waals surface area contributed by atoms with E-state index in [1.165, 1.54) is 22.9 Å². The summed E-state index contributed by atoms with van der Waals surface area (Å²) in [5, 5.41) is 2.04. The maximum absolute atomic E-state index is 12.9. The number of amides is 1. The van der Waals surface area contributed by atoms with E-state index in [4.69, 9.17) is 11.6 Å². The molecule has 0 bridgehead atoms. The first kappa shape index (κ1) is 18.6. The molecule has 0 atom stereocenters. The van der Waals surface area contributed by atoms with E-state index in [0.717, 1.165) is 45.2 Å². The number of benzene rings is 1. The molecule has 0 saturated carbocycles. The molecule has 3 rings (SSSR count). The molecule has 2 heterocycles. The predicted molar refractivity (Wildman–Crippen MR) is 97.0 cm³/mol. The van der Waals surface area contributed by atoms with Crippen molar-refractivity contribution in [2.24, 2.45) is 0 Å². The molecule has 1 N–H and O–H groups in total. The number of hydrogen-bond acceptors (Lipinski definition) is 4. The largest absolute Gasteiger partial charge is 0.285 e. The standard InChI is InChI=1S/C17H24ClN3O3S/c18-15-8-7-14(17(22)19-20-9-3-1-4-10-20)13-16(15)25(23,24)21-11-5-2-6-12-21/h7-8,13H,1-6,9-12H2,(H,19,22). The number of hydrazine groups is 1. The zero-order valence-corrected chi connectivity index (χ0v) is 15.8. The monoisotopic (exact) mass is 385 g/mol. The maximum Gasteiger partial charge on any atom is 0.265 e. The normalized spacial score (nSPS) is 20.4. The van der Waals surface area contributed by atoms with Crippen molar-refractivity contribution in [3.05, 3.63) is 28.8 Å². The van der Waals surface area contributed by atoms with E-state index in [2.05, 4.69) is 5.43 Å². The number of sulfonamides is 1. The second kappa shape index (κ2) is 8.03. The summed E-state index contributed by atoms with van der Waals surface area (Å²) in [7, 11) is -3.67. The van der Waals surface area contributed by atoms with Crippen molar-refractivity contribution in [2.45, 2.75) is 43.4 Å². The Balaban J connectivity index is 1.81. The summed E-state index contributed by atoms with van der Waals surface area (Å²) >= 11 is 6.15. The lowest BCUT2D eigenvalue weighted by Crippen LogP contribution is -2.45. The number of piperidine rings is 2. The molecular formula is C17H24ClN3O3S. The van der Waals surface area contributed by atoms with Gasteiger partial charge >= 0.3 is 0 Å². The fraction of sp³-hybridized carbons (Fsp3) is 0.588. The van der Waals surface area contributed by atoms with Gasteiger partial charge < -0.3 is 0 Å². The minimum absolute atomic E-state index is 0.0161. The molecular weight excluding hydrogens is 362 g/mol. The minimum atomic E-state index is -3.67. The second-order valence-corrected chi connectivity index (χ2v) is 8.91. The Labute approximate surface area is 154 Å². The van der Waals surface area contributed by atoms with Gasteiger partial charge in [0.25, 0.3) is 5.91 Å². The van der Waals surface area contributed by atoms with Gasteiger partial charge in [0.15, 0.2) is 0 Å². The highest BCUT2D eigenvalue weighted by molar-refractivity contribution is 7.89. The molecule has 2 fully saturated rings. The summed E-state index contributed by atoms with van der Waals surface area (Å²) in [4.78, 5) is 12.5. The van der Waals surface area contributed by atoms with Crippen LogP contribution in [-0.2, 0) is 10.0 Å². The van der Waals surface area contributed by atoms with Crippen molar-refractivity contribution < 1.29 is 13.2 Å².